The van der Waals surface area contributed by atoms with Crippen molar-refractivity contribution in [1.29, 1.82) is 0 Å². The van der Waals surface area contributed by atoms with E-state index < -0.39 is 11.8 Å². The third kappa shape index (κ3) is 2.80. The van der Waals surface area contributed by atoms with E-state index in [0.717, 1.165) is 25.7 Å². The van der Waals surface area contributed by atoms with Gasteiger partial charge in [0.15, 0.2) is 0 Å². The monoisotopic (exact) mass is 367 g/mol. The van der Waals surface area contributed by atoms with Gasteiger partial charge in [-0.3, -0.25) is 4.79 Å². The van der Waals surface area contributed by atoms with Gasteiger partial charge in [0, 0.05) is 17.7 Å². The highest BCUT2D eigenvalue weighted by Crippen LogP contribution is 2.52. The van der Waals surface area contributed by atoms with Gasteiger partial charge in [-0.25, -0.2) is 0 Å². The molecular weight excluding hydrogens is 347 g/mol. The average Bonchev–Trinajstić information content (AvgIpc) is 3.43. The lowest BCUT2D eigenvalue weighted by atomic mass is 9.67. The summed E-state index contributed by atoms with van der Waals surface area (Å²) in [5, 5.41) is 9.19. The second kappa shape index (κ2) is 5.52. The number of ether oxygens (including phenoxy) is 1. The number of hydrogen-bond donors (Lipinski definition) is 1. The summed E-state index contributed by atoms with van der Waals surface area (Å²) in [6, 6.07) is 5.26. The highest BCUT2D eigenvalue weighted by molar-refractivity contribution is 5.94. The molecule has 4 aliphatic rings. The minimum atomic E-state index is -4.57. The molecule has 0 spiro atoms. The molecule has 5 nitrogen and oxygen atoms in total. The van der Waals surface area contributed by atoms with Crippen molar-refractivity contribution in [2.75, 3.05) is 13.2 Å². The fourth-order valence-corrected chi connectivity index (χ4v) is 3.79. The number of carbonyl (C=O) groups is 1. The number of fused-ring (bicyclic) bond motifs is 3. The number of hydrogen-bond acceptors (Lipinski definition) is 4. The molecule has 1 aromatic rings. The van der Waals surface area contributed by atoms with Gasteiger partial charge in [-0.05, 0) is 43.2 Å². The number of halogens is 3. The van der Waals surface area contributed by atoms with Crippen molar-refractivity contribution in [2.24, 2.45) is 15.6 Å². The number of amides is 1. The van der Waals surface area contributed by atoms with Gasteiger partial charge in [-0.2, -0.15) is 13.2 Å². The standard InChI is InChI=1S/C18H20F3N3O2/c1-15-6-8-16(9-7-15,26-11-15)10-22-14(25)12-2-4-13(5-3-12)17(23-24-17)18(19,20)21/h2-5H,6-11H2,1H3,(H,22,25). The zero-order valence-electron chi connectivity index (χ0n) is 14.4. The van der Waals surface area contributed by atoms with Crippen molar-refractivity contribution in [3.63, 3.8) is 0 Å². The maximum atomic E-state index is 13.0. The van der Waals surface area contributed by atoms with Crippen molar-refractivity contribution in [1.82, 2.24) is 5.32 Å². The van der Waals surface area contributed by atoms with Crippen LogP contribution >= 0.6 is 0 Å². The van der Waals surface area contributed by atoms with E-state index in [9.17, 15) is 18.0 Å². The van der Waals surface area contributed by atoms with Crippen LogP contribution in [0, 0.1) is 5.41 Å². The van der Waals surface area contributed by atoms with Gasteiger partial charge in [0.2, 0.25) is 0 Å². The zero-order valence-corrected chi connectivity index (χ0v) is 14.4. The number of rotatable bonds is 4. The van der Waals surface area contributed by atoms with Crippen molar-refractivity contribution in [3.8, 4) is 0 Å². The lowest BCUT2D eigenvalue weighted by molar-refractivity contribution is -0.173. The van der Waals surface area contributed by atoms with E-state index in [1.807, 2.05) is 0 Å². The quantitative estimate of drug-likeness (QED) is 0.876. The predicted octanol–water partition coefficient (Wildman–Crippen LogP) is 3.95. The van der Waals surface area contributed by atoms with Crippen LogP contribution < -0.4 is 5.32 Å². The van der Waals surface area contributed by atoms with Gasteiger partial charge in [-0.1, -0.05) is 19.1 Å². The van der Waals surface area contributed by atoms with Gasteiger partial charge < -0.3 is 10.1 Å². The zero-order chi connectivity index (χ0) is 18.6. The van der Waals surface area contributed by atoms with E-state index in [-0.39, 0.29) is 22.5 Å². The molecule has 3 fully saturated rings. The fraction of sp³-hybridized carbons (Fsp3) is 0.611. The lowest BCUT2D eigenvalue weighted by Gasteiger charge is -2.51. The summed E-state index contributed by atoms with van der Waals surface area (Å²) >= 11 is 0. The van der Waals surface area contributed by atoms with E-state index >= 15 is 0 Å². The van der Waals surface area contributed by atoms with Crippen molar-refractivity contribution in [2.45, 2.75) is 50.0 Å². The molecule has 1 aromatic carbocycles. The summed E-state index contributed by atoms with van der Waals surface area (Å²) in [6.45, 7) is 3.35. The summed E-state index contributed by atoms with van der Waals surface area (Å²) in [5.74, 6) is -0.320. The van der Waals surface area contributed by atoms with Crippen LogP contribution in [-0.2, 0) is 10.4 Å². The SMILES string of the molecule is CC12CCC(CNC(=O)c3ccc(C4(C(F)(F)F)N=N4)cc3)(CC1)OC2. The summed E-state index contributed by atoms with van der Waals surface area (Å²) in [6.07, 6.45) is -0.558. The molecule has 140 valence electrons. The number of nitrogens with one attached hydrogen (secondary N) is 1. The number of carbonyl (C=O) groups excluding carboxylic acids is 1. The van der Waals surface area contributed by atoms with Gasteiger partial charge in [0.05, 0.1) is 12.2 Å². The Labute approximate surface area is 149 Å². The Hall–Kier alpha value is -1.96. The predicted molar refractivity (Wildman–Crippen MR) is 86.6 cm³/mol. The Balaban J connectivity index is 1.39. The van der Waals surface area contributed by atoms with Crippen LogP contribution in [0.5, 0.6) is 0 Å². The van der Waals surface area contributed by atoms with Crippen LogP contribution in [0.3, 0.4) is 0 Å². The summed E-state index contributed by atoms with van der Waals surface area (Å²) in [4.78, 5) is 12.4. The Morgan fingerprint density at radius 2 is 1.77 bits per heavy atom. The first-order valence-corrected chi connectivity index (χ1v) is 8.71. The number of benzene rings is 1. The van der Waals surface area contributed by atoms with Gasteiger partial charge in [0.25, 0.3) is 5.91 Å². The molecule has 1 N–H and O–H groups in total. The molecule has 3 aliphatic heterocycles. The van der Waals surface area contributed by atoms with Crippen LogP contribution in [0.15, 0.2) is 34.5 Å². The van der Waals surface area contributed by atoms with Crippen LogP contribution in [0.4, 0.5) is 13.2 Å². The maximum Gasteiger partial charge on any atom is 0.442 e. The highest BCUT2D eigenvalue weighted by Gasteiger charge is 2.65. The molecule has 1 aliphatic carbocycles. The van der Waals surface area contributed by atoms with Gasteiger partial charge in [0.1, 0.15) is 0 Å². The van der Waals surface area contributed by atoms with Crippen LogP contribution in [0.2, 0.25) is 0 Å². The Bertz CT molecular complexity index is 727. The molecule has 2 saturated heterocycles. The van der Waals surface area contributed by atoms with E-state index in [1.54, 1.807) is 0 Å². The third-order valence-electron chi connectivity index (χ3n) is 5.91. The van der Waals surface area contributed by atoms with E-state index in [2.05, 4.69) is 22.5 Å². The molecule has 1 amide bonds. The number of nitrogens with zero attached hydrogens (tertiary/aromatic N) is 2. The summed E-state index contributed by atoms with van der Waals surface area (Å²) < 4.78 is 45.0. The molecule has 2 bridgehead atoms. The molecular formula is C18H20F3N3O2. The van der Waals surface area contributed by atoms with Crippen LogP contribution in [-0.4, -0.2) is 30.8 Å². The van der Waals surface area contributed by atoms with E-state index in [1.165, 1.54) is 24.3 Å². The first-order valence-electron chi connectivity index (χ1n) is 8.71. The van der Waals surface area contributed by atoms with Crippen LogP contribution in [0.25, 0.3) is 0 Å². The minimum Gasteiger partial charge on any atom is -0.373 e. The Kier molecular flexibility index (Phi) is 3.70. The van der Waals surface area contributed by atoms with Crippen molar-refractivity contribution >= 4 is 5.91 Å². The summed E-state index contributed by atoms with van der Waals surface area (Å²) in [5.41, 5.74) is -2.28. The largest absolute Gasteiger partial charge is 0.442 e. The van der Waals surface area contributed by atoms with E-state index in [4.69, 9.17) is 4.74 Å². The maximum absolute atomic E-state index is 13.0. The second-order valence-electron chi connectivity index (χ2n) is 7.91. The smallest absolute Gasteiger partial charge is 0.373 e. The van der Waals surface area contributed by atoms with E-state index in [0.29, 0.717) is 18.7 Å². The molecule has 5 rings (SSSR count). The second-order valence-corrected chi connectivity index (χ2v) is 7.91. The lowest BCUT2D eigenvalue weighted by Crippen LogP contribution is -2.55. The average molecular weight is 367 g/mol. The Morgan fingerprint density at radius 1 is 1.15 bits per heavy atom. The topological polar surface area (TPSA) is 63.0 Å². The van der Waals surface area contributed by atoms with Crippen molar-refractivity contribution in [3.05, 3.63) is 35.4 Å². The molecule has 3 heterocycles. The first kappa shape index (κ1) is 17.5. The normalized spacial score (nSPS) is 31.7. The molecule has 1 saturated carbocycles. The molecule has 0 aromatic heterocycles. The Morgan fingerprint density at radius 3 is 2.23 bits per heavy atom. The molecule has 0 unspecified atom stereocenters. The third-order valence-corrected chi connectivity index (χ3v) is 5.91. The van der Waals surface area contributed by atoms with Crippen molar-refractivity contribution < 1.29 is 22.7 Å². The summed E-state index contributed by atoms with van der Waals surface area (Å²) in [7, 11) is 0. The first-order chi connectivity index (χ1) is 12.2. The fourth-order valence-electron chi connectivity index (χ4n) is 3.79. The van der Waals surface area contributed by atoms with Crippen LogP contribution in [0.1, 0.15) is 48.5 Å². The number of alkyl halides is 3. The molecule has 8 heteroatoms. The minimum absolute atomic E-state index is 0.0812. The van der Waals surface area contributed by atoms with Gasteiger partial charge in [-0.15, -0.1) is 10.2 Å². The molecule has 0 radical (unpaired) electrons. The highest BCUT2D eigenvalue weighted by atomic mass is 19.4. The molecule has 26 heavy (non-hydrogen) atoms. The van der Waals surface area contributed by atoms with Gasteiger partial charge >= 0.3 is 11.8 Å². The molecule has 0 atom stereocenters.